The Morgan fingerprint density at radius 2 is 1.83 bits per heavy atom. The number of hydrogen-bond acceptors (Lipinski definition) is 3. The molecule has 0 spiro atoms. The lowest BCUT2D eigenvalue weighted by atomic mass is 10.1. The maximum absolute atomic E-state index is 12.0. The minimum atomic E-state index is -0.0559. The van der Waals surface area contributed by atoms with Gasteiger partial charge >= 0.3 is 0 Å². The van der Waals surface area contributed by atoms with Crippen LogP contribution in [0.1, 0.15) is 41.3 Å². The first-order chi connectivity index (χ1) is 14.2. The zero-order valence-corrected chi connectivity index (χ0v) is 19.9. The fourth-order valence-corrected chi connectivity index (χ4v) is 2.95. The summed E-state index contributed by atoms with van der Waals surface area (Å²) in [5, 5.41) is 9.46. The number of carbonyl (C=O) groups excluding carboxylic acids is 1. The Morgan fingerprint density at radius 3 is 2.57 bits per heavy atom. The van der Waals surface area contributed by atoms with Gasteiger partial charge in [0.25, 0.3) is 5.91 Å². The molecule has 0 radical (unpaired) electrons. The third kappa shape index (κ3) is 7.51. The number of carbonyl (C=O) groups is 1. The van der Waals surface area contributed by atoms with E-state index in [9.17, 15) is 4.79 Å². The lowest BCUT2D eigenvalue weighted by Crippen LogP contribution is -2.36. The van der Waals surface area contributed by atoms with E-state index in [0.717, 1.165) is 29.4 Å². The van der Waals surface area contributed by atoms with Gasteiger partial charge in [-0.05, 0) is 49.4 Å². The number of benzene rings is 2. The number of hydrogen-bond donors (Lipinski definition) is 3. The lowest BCUT2D eigenvalue weighted by molar-refractivity contribution is 0.0955. The molecule has 0 bridgehead atoms. The molecule has 0 aliphatic heterocycles. The fourth-order valence-electron chi connectivity index (χ4n) is 2.95. The van der Waals surface area contributed by atoms with Gasteiger partial charge in [-0.15, -0.1) is 24.0 Å². The Bertz CT molecular complexity index is 853. The van der Waals surface area contributed by atoms with Crippen LogP contribution in [0.2, 0.25) is 0 Å². The summed E-state index contributed by atoms with van der Waals surface area (Å²) in [6.45, 7) is 4.52. The Kier molecular flexibility index (Phi) is 9.93. The molecule has 30 heavy (non-hydrogen) atoms. The zero-order valence-electron chi connectivity index (χ0n) is 17.6. The van der Waals surface area contributed by atoms with Gasteiger partial charge in [0.15, 0.2) is 5.96 Å². The highest BCUT2D eigenvalue weighted by Gasteiger charge is 2.22. The van der Waals surface area contributed by atoms with Gasteiger partial charge in [0, 0.05) is 37.8 Å². The monoisotopic (exact) mass is 522 g/mol. The number of para-hydroxylation sites is 1. The molecule has 3 N–H and O–H groups in total. The molecular weight excluding hydrogens is 491 g/mol. The van der Waals surface area contributed by atoms with Crippen molar-refractivity contribution < 1.29 is 9.53 Å². The molecule has 7 heteroatoms. The Morgan fingerprint density at radius 1 is 1.07 bits per heavy atom. The molecule has 1 aliphatic carbocycles. The van der Waals surface area contributed by atoms with Gasteiger partial charge in [-0.2, -0.15) is 0 Å². The average Bonchev–Trinajstić information content (AvgIpc) is 3.58. The van der Waals surface area contributed by atoms with Gasteiger partial charge in [-0.1, -0.05) is 30.3 Å². The Hall–Kier alpha value is -2.29. The van der Waals surface area contributed by atoms with Crippen LogP contribution in [0.5, 0.6) is 5.75 Å². The van der Waals surface area contributed by atoms with E-state index in [1.807, 2.05) is 49.4 Å². The van der Waals surface area contributed by atoms with Crippen LogP contribution in [0.3, 0.4) is 0 Å². The number of aliphatic imine (C=N–C) groups is 1. The molecule has 1 fully saturated rings. The lowest BCUT2D eigenvalue weighted by Gasteiger charge is -2.15. The topological polar surface area (TPSA) is 74.8 Å². The van der Waals surface area contributed by atoms with Crippen molar-refractivity contribution in [3.63, 3.8) is 0 Å². The molecule has 2 aromatic rings. The number of halogens is 1. The van der Waals surface area contributed by atoms with Crippen LogP contribution in [0, 0.1) is 5.92 Å². The standard InChI is InChI=1S/C23H30N4O2.HI/c1-3-25-22(28)19-9-6-7-18(13-19)14-26-23(24-2)27-15-20-8-4-5-10-21(20)29-16-17-11-12-17;/h4-10,13,17H,3,11-12,14-16H2,1-2H3,(H,25,28)(H2,24,26,27);1H. The summed E-state index contributed by atoms with van der Waals surface area (Å²) in [6.07, 6.45) is 2.55. The molecule has 162 valence electrons. The predicted octanol–water partition coefficient (Wildman–Crippen LogP) is 3.71. The van der Waals surface area contributed by atoms with E-state index in [2.05, 4.69) is 27.0 Å². The van der Waals surface area contributed by atoms with Crippen molar-refractivity contribution in [2.75, 3.05) is 20.2 Å². The van der Waals surface area contributed by atoms with Gasteiger partial charge in [0.2, 0.25) is 0 Å². The van der Waals surface area contributed by atoms with Crippen molar-refractivity contribution in [2.45, 2.75) is 32.9 Å². The smallest absolute Gasteiger partial charge is 0.251 e. The molecule has 2 aromatic carbocycles. The number of nitrogens with one attached hydrogen (secondary N) is 3. The molecule has 0 atom stereocenters. The van der Waals surface area contributed by atoms with Gasteiger partial charge in [0.1, 0.15) is 5.75 Å². The summed E-state index contributed by atoms with van der Waals surface area (Å²) in [5.74, 6) is 2.29. The SMILES string of the molecule is CCNC(=O)c1cccc(CNC(=NC)NCc2ccccc2OCC2CC2)c1.I. The van der Waals surface area contributed by atoms with E-state index >= 15 is 0 Å². The molecule has 0 saturated heterocycles. The molecule has 1 saturated carbocycles. The second-order valence-corrected chi connectivity index (χ2v) is 7.20. The zero-order chi connectivity index (χ0) is 20.5. The highest BCUT2D eigenvalue weighted by Crippen LogP contribution is 2.30. The van der Waals surface area contributed by atoms with Gasteiger partial charge in [-0.3, -0.25) is 9.79 Å². The summed E-state index contributed by atoms with van der Waals surface area (Å²) in [5.41, 5.74) is 2.79. The van der Waals surface area contributed by atoms with Crippen LogP contribution in [0.25, 0.3) is 0 Å². The van der Waals surface area contributed by atoms with Gasteiger partial charge in [0.05, 0.1) is 6.61 Å². The molecular formula is C23H31IN4O2. The molecule has 1 aliphatic rings. The van der Waals surface area contributed by atoms with Crippen molar-refractivity contribution in [3.8, 4) is 5.75 Å². The first kappa shape index (κ1) is 24.0. The second kappa shape index (κ2) is 12.4. The molecule has 6 nitrogen and oxygen atoms in total. The van der Waals surface area contributed by atoms with Crippen molar-refractivity contribution in [3.05, 3.63) is 65.2 Å². The van der Waals surface area contributed by atoms with E-state index in [1.54, 1.807) is 7.05 Å². The van der Waals surface area contributed by atoms with Crippen LogP contribution < -0.4 is 20.7 Å². The quantitative estimate of drug-likeness (QED) is 0.267. The van der Waals surface area contributed by atoms with Crippen LogP contribution in [-0.4, -0.2) is 32.1 Å². The summed E-state index contributed by atoms with van der Waals surface area (Å²) in [7, 11) is 1.75. The Balaban J connectivity index is 0.00000320. The van der Waals surface area contributed by atoms with E-state index in [-0.39, 0.29) is 29.9 Å². The normalized spacial score (nSPS) is 13.2. The number of nitrogens with zero attached hydrogens (tertiary/aromatic N) is 1. The number of amides is 1. The third-order valence-electron chi connectivity index (χ3n) is 4.80. The van der Waals surface area contributed by atoms with Crippen molar-refractivity contribution in [1.82, 2.24) is 16.0 Å². The largest absolute Gasteiger partial charge is 0.493 e. The first-order valence-corrected chi connectivity index (χ1v) is 10.2. The van der Waals surface area contributed by atoms with Crippen LogP contribution in [0.4, 0.5) is 0 Å². The second-order valence-electron chi connectivity index (χ2n) is 7.20. The van der Waals surface area contributed by atoms with Crippen LogP contribution in [-0.2, 0) is 13.1 Å². The average molecular weight is 522 g/mol. The van der Waals surface area contributed by atoms with E-state index < -0.39 is 0 Å². The van der Waals surface area contributed by atoms with E-state index in [0.29, 0.717) is 31.2 Å². The minimum Gasteiger partial charge on any atom is -0.493 e. The van der Waals surface area contributed by atoms with E-state index in [1.165, 1.54) is 12.8 Å². The summed E-state index contributed by atoms with van der Waals surface area (Å²) in [6, 6.07) is 15.7. The predicted molar refractivity (Wildman–Crippen MR) is 132 cm³/mol. The first-order valence-electron chi connectivity index (χ1n) is 10.2. The molecule has 0 heterocycles. The molecule has 0 aromatic heterocycles. The number of rotatable bonds is 9. The number of ether oxygens (including phenoxy) is 1. The summed E-state index contributed by atoms with van der Waals surface area (Å²) >= 11 is 0. The summed E-state index contributed by atoms with van der Waals surface area (Å²) in [4.78, 5) is 16.3. The van der Waals surface area contributed by atoms with Gasteiger partial charge in [-0.25, -0.2) is 0 Å². The van der Waals surface area contributed by atoms with E-state index in [4.69, 9.17) is 4.74 Å². The minimum absolute atomic E-state index is 0. The number of guanidine groups is 1. The van der Waals surface area contributed by atoms with Crippen LogP contribution >= 0.6 is 24.0 Å². The van der Waals surface area contributed by atoms with Gasteiger partial charge < -0.3 is 20.7 Å². The van der Waals surface area contributed by atoms with Crippen molar-refractivity contribution >= 4 is 35.8 Å². The van der Waals surface area contributed by atoms with Crippen LogP contribution in [0.15, 0.2) is 53.5 Å². The third-order valence-corrected chi connectivity index (χ3v) is 4.80. The Labute approximate surface area is 195 Å². The summed E-state index contributed by atoms with van der Waals surface area (Å²) < 4.78 is 5.97. The molecule has 1 amide bonds. The molecule has 3 rings (SSSR count). The highest BCUT2D eigenvalue weighted by atomic mass is 127. The molecule has 0 unspecified atom stereocenters. The fraction of sp³-hybridized carbons (Fsp3) is 0.391. The maximum Gasteiger partial charge on any atom is 0.251 e. The van der Waals surface area contributed by atoms with Crippen molar-refractivity contribution in [1.29, 1.82) is 0 Å². The highest BCUT2D eigenvalue weighted by molar-refractivity contribution is 14.0. The van der Waals surface area contributed by atoms with Crippen molar-refractivity contribution in [2.24, 2.45) is 10.9 Å². The maximum atomic E-state index is 12.0.